The summed E-state index contributed by atoms with van der Waals surface area (Å²) in [7, 11) is 0. The van der Waals surface area contributed by atoms with Crippen molar-refractivity contribution in [1.82, 2.24) is 9.80 Å². The predicted molar refractivity (Wildman–Crippen MR) is 119 cm³/mol. The highest BCUT2D eigenvalue weighted by molar-refractivity contribution is 5.91. The van der Waals surface area contributed by atoms with Crippen molar-refractivity contribution < 1.29 is 19.4 Å². The van der Waals surface area contributed by atoms with Gasteiger partial charge >= 0.3 is 0 Å². The molecular weight excluding hydrogens is 380 g/mol. The second kappa shape index (κ2) is 13.9. The van der Waals surface area contributed by atoms with Gasteiger partial charge in [-0.2, -0.15) is 0 Å². The van der Waals surface area contributed by atoms with Gasteiger partial charge in [-0.15, -0.1) is 0 Å². The zero-order valence-electron chi connectivity index (χ0n) is 18.1. The van der Waals surface area contributed by atoms with E-state index in [2.05, 4.69) is 11.8 Å². The fourth-order valence-corrected chi connectivity index (χ4v) is 4.41. The number of ether oxygens (including phenoxy) is 1. The monoisotopic (exact) mass is 416 g/mol. The lowest BCUT2D eigenvalue weighted by Crippen LogP contribution is -2.42. The largest absolute Gasteiger partial charge is 0.483 e. The maximum absolute atomic E-state index is 12.4. The van der Waals surface area contributed by atoms with Crippen molar-refractivity contribution in [3.05, 3.63) is 42.0 Å². The molecule has 0 bridgehead atoms. The Bertz CT molecular complexity index is 634. The van der Waals surface area contributed by atoms with Crippen LogP contribution >= 0.6 is 0 Å². The number of rotatable bonds is 7. The maximum atomic E-state index is 12.4. The summed E-state index contributed by atoms with van der Waals surface area (Å²) in [5.41, 5.74) is 1.08. The number of nitrogens with zero attached hydrogens (tertiary/aromatic N) is 2. The van der Waals surface area contributed by atoms with Gasteiger partial charge in [-0.25, -0.2) is 0 Å². The fourth-order valence-electron chi connectivity index (χ4n) is 4.41. The van der Waals surface area contributed by atoms with Gasteiger partial charge in [-0.3, -0.25) is 9.59 Å². The Labute approximate surface area is 180 Å². The summed E-state index contributed by atoms with van der Waals surface area (Å²) < 4.78 is 5.48. The normalized spacial score (nSPS) is 18.8. The van der Waals surface area contributed by atoms with E-state index in [4.69, 9.17) is 14.6 Å². The molecule has 0 saturated carbocycles. The van der Waals surface area contributed by atoms with Gasteiger partial charge in [0, 0.05) is 32.3 Å². The fraction of sp³-hybridized carbons (Fsp3) is 0.583. The predicted octanol–water partition coefficient (Wildman–Crippen LogP) is 3.39. The number of likely N-dealkylation sites (tertiary alicyclic amines) is 2. The number of carboxylic acid groups (broad SMARTS) is 1. The molecule has 30 heavy (non-hydrogen) atoms. The minimum Gasteiger partial charge on any atom is -0.483 e. The van der Waals surface area contributed by atoms with Crippen LogP contribution in [0.4, 0.5) is 0 Å². The van der Waals surface area contributed by atoms with Gasteiger partial charge in [0.2, 0.25) is 5.91 Å². The quantitative estimate of drug-likeness (QED) is 0.419. The van der Waals surface area contributed by atoms with Crippen molar-refractivity contribution in [2.45, 2.75) is 32.6 Å². The summed E-state index contributed by atoms with van der Waals surface area (Å²) in [4.78, 5) is 25.4. The van der Waals surface area contributed by atoms with Gasteiger partial charge in [0.15, 0.2) is 0 Å². The molecule has 2 heterocycles. The first-order valence-corrected chi connectivity index (χ1v) is 11.1. The number of piperidine rings is 2. The van der Waals surface area contributed by atoms with Crippen LogP contribution in [0.1, 0.15) is 38.2 Å². The molecule has 2 saturated heterocycles. The molecule has 6 nitrogen and oxygen atoms in total. The molecule has 0 aromatic heterocycles. The third-order valence-corrected chi connectivity index (χ3v) is 6.12. The lowest BCUT2D eigenvalue weighted by Gasteiger charge is -2.40. The topological polar surface area (TPSA) is 70.1 Å². The van der Waals surface area contributed by atoms with Gasteiger partial charge in [0.25, 0.3) is 6.47 Å². The molecular formula is C24H36N2O4. The SMILES string of the molecule is CCOCCN1CCC(C2CCN(C(=O)/C=C/c3ccccc3)CC2)CC1.O=CO. The molecule has 0 aliphatic carbocycles. The van der Waals surface area contributed by atoms with Crippen molar-refractivity contribution in [2.24, 2.45) is 11.8 Å². The second-order valence-electron chi connectivity index (χ2n) is 7.89. The summed E-state index contributed by atoms with van der Waals surface area (Å²) in [5, 5.41) is 6.89. The van der Waals surface area contributed by atoms with Crippen LogP contribution in [0.25, 0.3) is 6.08 Å². The lowest BCUT2D eigenvalue weighted by molar-refractivity contribution is -0.127. The molecule has 0 atom stereocenters. The highest BCUT2D eigenvalue weighted by Crippen LogP contribution is 2.32. The first-order chi connectivity index (χ1) is 14.7. The Morgan fingerprint density at radius 1 is 1.07 bits per heavy atom. The van der Waals surface area contributed by atoms with E-state index in [0.717, 1.165) is 63.1 Å². The van der Waals surface area contributed by atoms with E-state index in [1.165, 1.54) is 25.9 Å². The summed E-state index contributed by atoms with van der Waals surface area (Å²) >= 11 is 0. The number of carbonyl (C=O) groups is 2. The molecule has 2 fully saturated rings. The minimum absolute atomic E-state index is 0.156. The molecule has 6 heteroatoms. The first-order valence-electron chi connectivity index (χ1n) is 11.1. The van der Waals surface area contributed by atoms with Gasteiger partial charge in [0.05, 0.1) is 6.61 Å². The van der Waals surface area contributed by atoms with Crippen molar-refractivity contribution in [3.63, 3.8) is 0 Å². The lowest BCUT2D eigenvalue weighted by atomic mass is 9.79. The summed E-state index contributed by atoms with van der Waals surface area (Å²) in [6, 6.07) is 10.0. The minimum atomic E-state index is -0.250. The third kappa shape index (κ3) is 8.28. The number of carbonyl (C=O) groups excluding carboxylic acids is 1. The Morgan fingerprint density at radius 3 is 2.20 bits per heavy atom. The molecule has 1 aromatic rings. The average molecular weight is 417 g/mol. The molecule has 1 amide bonds. The van der Waals surface area contributed by atoms with Gasteiger partial charge in [-0.05, 0) is 69.2 Å². The standard InChI is InChI=1S/C23H34N2O2.CH2O2/c1-2-27-19-18-24-14-10-21(11-15-24)22-12-16-25(17-13-22)23(26)9-8-20-6-4-3-5-7-20;2-1-3/h3-9,21-22H,2,10-19H2,1H3;1H,(H,2,3)/b9-8+;. The molecule has 0 radical (unpaired) electrons. The molecule has 1 N–H and O–H groups in total. The number of benzene rings is 1. The van der Waals surface area contributed by atoms with Crippen LogP contribution in [-0.4, -0.2) is 73.2 Å². The average Bonchev–Trinajstić information content (AvgIpc) is 2.79. The Hall–Kier alpha value is -2.18. The van der Waals surface area contributed by atoms with Gasteiger partial charge in [-0.1, -0.05) is 30.3 Å². The zero-order valence-corrected chi connectivity index (χ0v) is 18.1. The van der Waals surface area contributed by atoms with Crippen molar-refractivity contribution in [3.8, 4) is 0 Å². The van der Waals surface area contributed by atoms with E-state index >= 15 is 0 Å². The molecule has 2 aliphatic heterocycles. The van der Waals surface area contributed by atoms with Crippen LogP contribution in [0.15, 0.2) is 36.4 Å². The highest BCUT2D eigenvalue weighted by atomic mass is 16.5. The van der Waals surface area contributed by atoms with E-state index in [0.29, 0.717) is 0 Å². The summed E-state index contributed by atoms with van der Waals surface area (Å²) in [6.07, 6.45) is 8.58. The number of hydrogen-bond donors (Lipinski definition) is 1. The Morgan fingerprint density at radius 2 is 1.63 bits per heavy atom. The van der Waals surface area contributed by atoms with Crippen molar-refractivity contribution in [2.75, 3.05) is 45.9 Å². The van der Waals surface area contributed by atoms with Crippen LogP contribution in [0.3, 0.4) is 0 Å². The van der Waals surface area contributed by atoms with Crippen LogP contribution in [0.2, 0.25) is 0 Å². The van der Waals surface area contributed by atoms with Crippen LogP contribution in [-0.2, 0) is 14.3 Å². The van der Waals surface area contributed by atoms with Crippen LogP contribution in [0.5, 0.6) is 0 Å². The van der Waals surface area contributed by atoms with Crippen molar-refractivity contribution >= 4 is 18.5 Å². The molecule has 0 spiro atoms. The van der Waals surface area contributed by atoms with Crippen LogP contribution < -0.4 is 0 Å². The van der Waals surface area contributed by atoms with Gasteiger partial charge in [0.1, 0.15) is 0 Å². The summed E-state index contributed by atoms with van der Waals surface area (Å²) in [5.74, 6) is 1.79. The third-order valence-electron chi connectivity index (χ3n) is 6.12. The molecule has 166 valence electrons. The van der Waals surface area contributed by atoms with E-state index in [9.17, 15) is 4.79 Å². The van der Waals surface area contributed by atoms with E-state index in [-0.39, 0.29) is 12.4 Å². The molecule has 0 unspecified atom stereocenters. The van der Waals surface area contributed by atoms with E-state index < -0.39 is 0 Å². The number of amides is 1. The number of hydrogen-bond acceptors (Lipinski definition) is 4. The van der Waals surface area contributed by atoms with Crippen molar-refractivity contribution in [1.29, 1.82) is 0 Å². The van der Waals surface area contributed by atoms with Crippen LogP contribution in [0, 0.1) is 11.8 Å². The highest BCUT2D eigenvalue weighted by Gasteiger charge is 2.30. The molecule has 2 aliphatic rings. The smallest absolute Gasteiger partial charge is 0.290 e. The Kier molecular flexibility index (Phi) is 11.2. The molecule has 1 aromatic carbocycles. The van der Waals surface area contributed by atoms with E-state index in [1.54, 1.807) is 6.08 Å². The first kappa shape index (κ1) is 24.1. The second-order valence-corrected chi connectivity index (χ2v) is 7.89. The zero-order chi connectivity index (χ0) is 21.6. The summed E-state index contributed by atoms with van der Waals surface area (Å²) in [6.45, 7) is 8.78. The maximum Gasteiger partial charge on any atom is 0.290 e. The molecule has 3 rings (SSSR count). The van der Waals surface area contributed by atoms with Gasteiger partial charge < -0.3 is 19.6 Å². The Balaban J connectivity index is 0.00000101. The van der Waals surface area contributed by atoms with E-state index in [1.807, 2.05) is 41.3 Å².